The van der Waals surface area contributed by atoms with Crippen LogP contribution in [-0.4, -0.2) is 28.2 Å². The van der Waals surface area contributed by atoms with Crippen molar-refractivity contribution in [3.05, 3.63) is 72.0 Å². The zero-order valence-electron chi connectivity index (χ0n) is 13.2. The average molecular weight is 386 g/mol. The SMILES string of the molecule is O=S(=O)(Nc1cccc(-c2ccc3nncn3n2)c1)c1cccc(Cl)c1. The van der Waals surface area contributed by atoms with Gasteiger partial charge in [-0.2, -0.15) is 9.61 Å². The highest BCUT2D eigenvalue weighted by Gasteiger charge is 2.15. The van der Waals surface area contributed by atoms with Crippen LogP contribution >= 0.6 is 11.6 Å². The summed E-state index contributed by atoms with van der Waals surface area (Å²) in [4.78, 5) is 0.0967. The first kappa shape index (κ1) is 16.5. The number of hydrogen-bond donors (Lipinski definition) is 1. The molecule has 26 heavy (non-hydrogen) atoms. The zero-order valence-corrected chi connectivity index (χ0v) is 14.8. The Bertz CT molecular complexity index is 1210. The van der Waals surface area contributed by atoms with E-state index in [0.717, 1.165) is 5.56 Å². The third-order valence-corrected chi connectivity index (χ3v) is 5.29. The highest BCUT2D eigenvalue weighted by molar-refractivity contribution is 7.92. The second-order valence-corrected chi connectivity index (χ2v) is 7.61. The lowest BCUT2D eigenvalue weighted by Gasteiger charge is -2.10. The van der Waals surface area contributed by atoms with Crippen molar-refractivity contribution in [2.45, 2.75) is 4.90 Å². The summed E-state index contributed by atoms with van der Waals surface area (Å²) in [5.41, 5.74) is 2.48. The van der Waals surface area contributed by atoms with Crippen molar-refractivity contribution in [1.82, 2.24) is 19.8 Å². The molecule has 0 aliphatic heterocycles. The van der Waals surface area contributed by atoms with Gasteiger partial charge in [-0.15, -0.1) is 10.2 Å². The molecule has 0 unspecified atom stereocenters. The van der Waals surface area contributed by atoms with Crippen LogP contribution in [0.5, 0.6) is 0 Å². The molecule has 2 aromatic carbocycles. The van der Waals surface area contributed by atoms with Crippen LogP contribution in [0.1, 0.15) is 0 Å². The number of anilines is 1. The molecule has 9 heteroatoms. The van der Waals surface area contributed by atoms with E-state index in [-0.39, 0.29) is 4.90 Å². The van der Waals surface area contributed by atoms with Crippen molar-refractivity contribution in [2.24, 2.45) is 0 Å². The molecule has 2 aromatic heterocycles. The average Bonchev–Trinajstić information content (AvgIpc) is 3.09. The predicted molar refractivity (Wildman–Crippen MR) is 98.5 cm³/mol. The normalized spacial score (nSPS) is 11.6. The van der Waals surface area contributed by atoms with Crippen molar-refractivity contribution in [3.63, 3.8) is 0 Å². The molecule has 0 amide bonds. The van der Waals surface area contributed by atoms with Crippen molar-refractivity contribution in [3.8, 4) is 11.3 Å². The van der Waals surface area contributed by atoms with Gasteiger partial charge in [-0.05, 0) is 42.5 Å². The Hall–Kier alpha value is -2.97. The van der Waals surface area contributed by atoms with E-state index in [2.05, 4.69) is 20.0 Å². The van der Waals surface area contributed by atoms with Gasteiger partial charge >= 0.3 is 0 Å². The van der Waals surface area contributed by atoms with Crippen molar-refractivity contribution >= 4 is 33.0 Å². The number of nitrogens with one attached hydrogen (secondary N) is 1. The number of sulfonamides is 1. The standard InChI is InChI=1S/C17H12ClN5O2S/c18-13-4-2-6-15(10-13)26(24,25)22-14-5-1-3-12(9-14)16-7-8-17-20-19-11-23(17)21-16/h1-11,22H. The van der Waals surface area contributed by atoms with Gasteiger partial charge in [0.1, 0.15) is 6.33 Å². The van der Waals surface area contributed by atoms with Gasteiger partial charge in [0.25, 0.3) is 10.0 Å². The summed E-state index contributed by atoms with van der Waals surface area (Å²) in [5, 5.41) is 12.5. The molecule has 0 fully saturated rings. The number of aromatic nitrogens is 4. The molecule has 0 saturated carbocycles. The van der Waals surface area contributed by atoms with Crippen LogP contribution in [-0.2, 0) is 10.0 Å². The van der Waals surface area contributed by atoms with Crippen LogP contribution in [0.25, 0.3) is 16.9 Å². The van der Waals surface area contributed by atoms with E-state index in [1.165, 1.54) is 18.5 Å². The van der Waals surface area contributed by atoms with E-state index < -0.39 is 10.0 Å². The quantitative estimate of drug-likeness (QED) is 0.582. The van der Waals surface area contributed by atoms with Crippen LogP contribution in [0.4, 0.5) is 5.69 Å². The van der Waals surface area contributed by atoms with Gasteiger partial charge in [0.05, 0.1) is 10.6 Å². The lowest BCUT2D eigenvalue weighted by molar-refractivity contribution is 0.601. The topological polar surface area (TPSA) is 89.2 Å². The lowest BCUT2D eigenvalue weighted by Crippen LogP contribution is -2.12. The maximum Gasteiger partial charge on any atom is 0.261 e. The van der Waals surface area contributed by atoms with Crippen LogP contribution in [0.3, 0.4) is 0 Å². The first-order valence-electron chi connectivity index (χ1n) is 7.57. The van der Waals surface area contributed by atoms with E-state index >= 15 is 0 Å². The van der Waals surface area contributed by atoms with E-state index in [1.54, 1.807) is 47.0 Å². The third kappa shape index (κ3) is 3.24. The molecule has 130 valence electrons. The molecule has 2 heterocycles. The minimum Gasteiger partial charge on any atom is -0.280 e. The molecular formula is C17H12ClN5O2S. The van der Waals surface area contributed by atoms with Gasteiger partial charge in [-0.1, -0.05) is 29.8 Å². The number of rotatable bonds is 4. The monoisotopic (exact) mass is 385 g/mol. The molecule has 0 spiro atoms. The number of nitrogens with zero attached hydrogens (tertiary/aromatic N) is 4. The molecule has 0 saturated heterocycles. The van der Waals surface area contributed by atoms with Crippen LogP contribution in [0.2, 0.25) is 5.02 Å². The van der Waals surface area contributed by atoms with Crippen LogP contribution in [0.15, 0.2) is 71.9 Å². The molecule has 4 rings (SSSR count). The molecule has 0 atom stereocenters. The van der Waals surface area contributed by atoms with Gasteiger partial charge in [0, 0.05) is 16.3 Å². The van der Waals surface area contributed by atoms with Crippen LogP contribution in [0, 0.1) is 0 Å². The van der Waals surface area contributed by atoms with E-state index in [4.69, 9.17) is 11.6 Å². The van der Waals surface area contributed by atoms with Gasteiger partial charge < -0.3 is 0 Å². The number of hydrogen-bond acceptors (Lipinski definition) is 5. The fraction of sp³-hybridized carbons (Fsp3) is 0. The molecule has 4 aromatic rings. The predicted octanol–water partition coefficient (Wildman–Crippen LogP) is 3.25. The molecule has 0 aliphatic rings. The summed E-state index contributed by atoms with van der Waals surface area (Å²) in [5.74, 6) is 0. The highest BCUT2D eigenvalue weighted by Crippen LogP contribution is 2.24. The van der Waals surface area contributed by atoms with Crippen molar-refractivity contribution < 1.29 is 8.42 Å². The van der Waals surface area contributed by atoms with Gasteiger partial charge in [-0.25, -0.2) is 8.42 Å². The Kier molecular flexibility index (Phi) is 4.06. The largest absolute Gasteiger partial charge is 0.280 e. The second kappa shape index (κ2) is 6.40. The Labute approximate surface area is 154 Å². The van der Waals surface area contributed by atoms with E-state index in [9.17, 15) is 8.42 Å². The Morgan fingerprint density at radius 2 is 1.85 bits per heavy atom. The highest BCUT2D eigenvalue weighted by atomic mass is 35.5. The maximum absolute atomic E-state index is 12.5. The molecule has 0 aliphatic carbocycles. The first-order chi connectivity index (χ1) is 12.5. The minimum atomic E-state index is -3.74. The number of benzene rings is 2. The van der Waals surface area contributed by atoms with Gasteiger partial charge in [-0.3, -0.25) is 4.72 Å². The van der Waals surface area contributed by atoms with E-state index in [0.29, 0.717) is 22.1 Å². The molecule has 0 radical (unpaired) electrons. The van der Waals surface area contributed by atoms with E-state index in [1.807, 2.05) is 6.07 Å². The summed E-state index contributed by atoms with van der Waals surface area (Å²) >= 11 is 5.88. The Morgan fingerprint density at radius 1 is 1.00 bits per heavy atom. The summed E-state index contributed by atoms with van der Waals surface area (Å²) in [6, 6.07) is 16.7. The third-order valence-electron chi connectivity index (χ3n) is 3.68. The first-order valence-corrected chi connectivity index (χ1v) is 9.43. The summed E-state index contributed by atoms with van der Waals surface area (Å²) in [6.45, 7) is 0. The van der Waals surface area contributed by atoms with Gasteiger partial charge in [0.2, 0.25) is 0 Å². The Morgan fingerprint density at radius 3 is 2.69 bits per heavy atom. The molecule has 0 bridgehead atoms. The maximum atomic E-state index is 12.5. The lowest BCUT2D eigenvalue weighted by atomic mass is 10.1. The fourth-order valence-electron chi connectivity index (χ4n) is 2.47. The summed E-state index contributed by atoms with van der Waals surface area (Å²) in [6.07, 6.45) is 1.50. The Balaban J connectivity index is 1.67. The zero-order chi connectivity index (χ0) is 18.1. The second-order valence-electron chi connectivity index (χ2n) is 5.50. The summed E-state index contributed by atoms with van der Waals surface area (Å²) in [7, 11) is -3.74. The minimum absolute atomic E-state index is 0.0967. The summed E-state index contributed by atoms with van der Waals surface area (Å²) < 4.78 is 29.2. The number of fused-ring (bicyclic) bond motifs is 1. The van der Waals surface area contributed by atoms with Crippen molar-refractivity contribution in [1.29, 1.82) is 0 Å². The number of halogens is 1. The van der Waals surface area contributed by atoms with Crippen LogP contribution < -0.4 is 4.72 Å². The molecule has 7 nitrogen and oxygen atoms in total. The van der Waals surface area contributed by atoms with Crippen molar-refractivity contribution in [2.75, 3.05) is 4.72 Å². The van der Waals surface area contributed by atoms with Gasteiger partial charge in [0.15, 0.2) is 5.65 Å². The smallest absolute Gasteiger partial charge is 0.261 e. The molecule has 1 N–H and O–H groups in total. The fourth-order valence-corrected chi connectivity index (χ4v) is 3.82. The molecular weight excluding hydrogens is 374 g/mol.